The quantitative estimate of drug-likeness (QED) is 0.751. The molecule has 0 saturated heterocycles. The summed E-state index contributed by atoms with van der Waals surface area (Å²) in [7, 11) is 0. The molecule has 0 radical (unpaired) electrons. The van der Waals surface area contributed by atoms with Gasteiger partial charge in [0, 0.05) is 24.3 Å². The molecular formula is C9H8ClN3. The zero-order chi connectivity index (χ0) is 9.26. The second kappa shape index (κ2) is 3.28. The zero-order valence-electron chi connectivity index (χ0n) is 6.87. The van der Waals surface area contributed by atoms with Crippen LogP contribution in [0.1, 0.15) is 5.69 Å². The highest BCUT2D eigenvalue weighted by Gasteiger charge is 2.03. The summed E-state index contributed by atoms with van der Waals surface area (Å²) >= 11 is 5.98. The third kappa shape index (κ3) is 1.36. The molecule has 4 heteroatoms. The molecule has 13 heavy (non-hydrogen) atoms. The van der Waals surface area contributed by atoms with Crippen molar-refractivity contribution in [1.29, 1.82) is 0 Å². The molecule has 0 bridgehead atoms. The molecule has 0 aliphatic heterocycles. The number of aromatic nitrogens is 2. The minimum atomic E-state index is 0.380. The predicted molar refractivity (Wildman–Crippen MR) is 52.4 cm³/mol. The summed E-state index contributed by atoms with van der Waals surface area (Å²) in [5.41, 5.74) is 7.09. The summed E-state index contributed by atoms with van der Waals surface area (Å²) in [6.45, 7) is 0.380. The lowest BCUT2D eigenvalue weighted by Crippen LogP contribution is -2.01. The average molecular weight is 194 g/mol. The van der Waals surface area contributed by atoms with Gasteiger partial charge in [-0.2, -0.15) is 0 Å². The monoisotopic (exact) mass is 193 g/mol. The van der Waals surface area contributed by atoms with Gasteiger partial charge in [-0.05, 0) is 12.1 Å². The standard InChI is InChI=1S/C9H8ClN3/c10-7-2-4-13-9-6(7)1-3-12-8(9)5-11/h1-4H,5,11H2. The first-order valence-electron chi connectivity index (χ1n) is 3.91. The third-order valence-corrected chi connectivity index (χ3v) is 2.20. The van der Waals surface area contributed by atoms with Crippen LogP contribution in [-0.2, 0) is 6.54 Å². The van der Waals surface area contributed by atoms with E-state index in [0.717, 1.165) is 16.6 Å². The molecule has 2 heterocycles. The molecule has 66 valence electrons. The third-order valence-electron chi connectivity index (χ3n) is 1.88. The van der Waals surface area contributed by atoms with Crippen LogP contribution in [0.2, 0.25) is 5.02 Å². The van der Waals surface area contributed by atoms with E-state index in [4.69, 9.17) is 17.3 Å². The van der Waals surface area contributed by atoms with E-state index in [1.807, 2.05) is 6.07 Å². The molecule has 2 rings (SSSR count). The molecule has 3 nitrogen and oxygen atoms in total. The van der Waals surface area contributed by atoms with Crippen molar-refractivity contribution < 1.29 is 0 Å². The van der Waals surface area contributed by atoms with E-state index in [1.165, 1.54) is 0 Å². The van der Waals surface area contributed by atoms with Gasteiger partial charge in [-0.15, -0.1) is 0 Å². The predicted octanol–water partition coefficient (Wildman–Crippen LogP) is 1.74. The summed E-state index contributed by atoms with van der Waals surface area (Å²) in [4.78, 5) is 8.31. The maximum Gasteiger partial charge on any atom is 0.0945 e. The van der Waals surface area contributed by atoms with Gasteiger partial charge in [0.25, 0.3) is 0 Å². The van der Waals surface area contributed by atoms with Crippen molar-refractivity contribution in [2.24, 2.45) is 5.73 Å². The van der Waals surface area contributed by atoms with Crippen LogP contribution in [0.5, 0.6) is 0 Å². The largest absolute Gasteiger partial charge is 0.325 e. The average Bonchev–Trinajstić information content (AvgIpc) is 2.18. The van der Waals surface area contributed by atoms with Gasteiger partial charge in [0.05, 0.1) is 16.2 Å². The lowest BCUT2D eigenvalue weighted by atomic mass is 10.2. The van der Waals surface area contributed by atoms with Crippen LogP contribution in [0.3, 0.4) is 0 Å². The van der Waals surface area contributed by atoms with Gasteiger partial charge in [-0.25, -0.2) is 0 Å². The molecule has 2 aromatic rings. The smallest absolute Gasteiger partial charge is 0.0945 e. The van der Waals surface area contributed by atoms with Gasteiger partial charge in [-0.3, -0.25) is 9.97 Å². The van der Waals surface area contributed by atoms with Crippen LogP contribution in [0.25, 0.3) is 10.9 Å². The second-order valence-corrected chi connectivity index (χ2v) is 3.06. The first-order chi connectivity index (χ1) is 6.33. The van der Waals surface area contributed by atoms with Crippen LogP contribution in [0.4, 0.5) is 0 Å². The molecule has 0 aromatic carbocycles. The number of nitrogens with two attached hydrogens (primary N) is 1. The van der Waals surface area contributed by atoms with E-state index < -0.39 is 0 Å². The molecule has 2 aromatic heterocycles. The number of halogens is 1. The van der Waals surface area contributed by atoms with Crippen LogP contribution >= 0.6 is 11.6 Å². The van der Waals surface area contributed by atoms with Crippen LogP contribution < -0.4 is 5.73 Å². The summed E-state index contributed by atoms with van der Waals surface area (Å²) < 4.78 is 0. The maximum absolute atomic E-state index is 5.98. The van der Waals surface area contributed by atoms with E-state index in [0.29, 0.717) is 11.6 Å². The fraction of sp³-hybridized carbons (Fsp3) is 0.111. The van der Waals surface area contributed by atoms with Crippen molar-refractivity contribution in [3.63, 3.8) is 0 Å². The molecular weight excluding hydrogens is 186 g/mol. The second-order valence-electron chi connectivity index (χ2n) is 2.65. The fourth-order valence-corrected chi connectivity index (χ4v) is 1.46. The Morgan fingerprint density at radius 2 is 2.00 bits per heavy atom. The van der Waals surface area contributed by atoms with E-state index >= 15 is 0 Å². The van der Waals surface area contributed by atoms with Crippen LogP contribution in [0.15, 0.2) is 24.5 Å². The summed E-state index contributed by atoms with van der Waals surface area (Å²) in [5.74, 6) is 0. The molecule has 0 amide bonds. The highest BCUT2D eigenvalue weighted by molar-refractivity contribution is 6.35. The Hall–Kier alpha value is -1.19. The molecule has 0 saturated carbocycles. The Bertz CT molecular complexity index is 442. The van der Waals surface area contributed by atoms with Crippen molar-refractivity contribution >= 4 is 22.5 Å². The number of hydrogen-bond donors (Lipinski definition) is 1. The normalized spacial score (nSPS) is 10.6. The SMILES string of the molecule is NCc1nccc2c(Cl)ccnc12. The van der Waals surface area contributed by atoms with Crippen molar-refractivity contribution in [3.05, 3.63) is 35.2 Å². The Balaban J connectivity index is 2.84. The minimum Gasteiger partial charge on any atom is -0.325 e. The van der Waals surface area contributed by atoms with Crippen molar-refractivity contribution in [3.8, 4) is 0 Å². The number of rotatable bonds is 1. The molecule has 0 aliphatic rings. The van der Waals surface area contributed by atoms with E-state index in [2.05, 4.69) is 9.97 Å². The topological polar surface area (TPSA) is 51.8 Å². The van der Waals surface area contributed by atoms with Gasteiger partial charge >= 0.3 is 0 Å². The van der Waals surface area contributed by atoms with Gasteiger partial charge in [0.2, 0.25) is 0 Å². The molecule has 0 aliphatic carbocycles. The van der Waals surface area contributed by atoms with Gasteiger partial charge in [0.15, 0.2) is 0 Å². The molecule has 0 fully saturated rings. The Labute approximate surface area is 80.6 Å². The van der Waals surface area contributed by atoms with Crippen molar-refractivity contribution in [1.82, 2.24) is 9.97 Å². The zero-order valence-corrected chi connectivity index (χ0v) is 7.62. The molecule has 0 atom stereocenters. The molecule has 0 spiro atoms. The lowest BCUT2D eigenvalue weighted by Gasteiger charge is -2.02. The highest BCUT2D eigenvalue weighted by atomic mass is 35.5. The Morgan fingerprint density at radius 1 is 1.23 bits per heavy atom. The van der Waals surface area contributed by atoms with Crippen molar-refractivity contribution in [2.45, 2.75) is 6.54 Å². The molecule has 2 N–H and O–H groups in total. The maximum atomic E-state index is 5.98. The van der Waals surface area contributed by atoms with E-state index in [-0.39, 0.29) is 0 Å². The van der Waals surface area contributed by atoms with Gasteiger partial charge in [-0.1, -0.05) is 11.6 Å². The minimum absolute atomic E-state index is 0.380. The summed E-state index contributed by atoms with van der Waals surface area (Å²) in [6.07, 6.45) is 3.35. The van der Waals surface area contributed by atoms with Gasteiger partial charge in [0.1, 0.15) is 0 Å². The Kier molecular flexibility index (Phi) is 2.12. The number of fused-ring (bicyclic) bond motifs is 1. The van der Waals surface area contributed by atoms with Crippen LogP contribution in [0, 0.1) is 0 Å². The summed E-state index contributed by atoms with van der Waals surface area (Å²) in [5, 5.41) is 1.58. The first kappa shape index (κ1) is 8.41. The van der Waals surface area contributed by atoms with Gasteiger partial charge < -0.3 is 5.73 Å². The first-order valence-corrected chi connectivity index (χ1v) is 4.29. The number of hydrogen-bond acceptors (Lipinski definition) is 3. The summed E-state index contributed by atoms with van der Waals surface area (Å²) in [6, 6.07) is 3.59. The fourth-order valence-electron chi connectivity index (χ4n) is 1.25. The Morgan fingerprint density at radius 3 is 2.77 bits per heavy atom. The highest BCUT2D eigenvalue weighted by Crippen LogP contribution is 2.21. The van der Waals surface area contributed by atoms with E-state index in [9.17, 15) is 0 Å². The number of nitrogens with zero attached hydrogens (tertiary/aromatic N) is 2. The van der Waals surface area contributed by atoms with E-state index in [1.54, 1.807) is 18.5 Å². The van der Waals surface area contributed by atoms with Crippen molar-refractivity contribution in [2.75, 3.05) is 0 Å². The van der Waals surface area contributed by atoms with Crippen LogP contribution in [-0.4, -0.2) is 9.97 Å². The number of pyridine rings is 2. The molecule has 0 unspecified atom stereocenters. The lowest BCUT2D eigenvalue weighted by molar-refractivity contribution is 1.00.